The number of benzene rings is 2. The molecule has 0 aliphatic carbocycles. The third kappa shape index (κ3) is 4.42. The van der Waals surface area contributed by atoms with E-state index in [1.54, 1.807) is 31.2 Å². The summed E-state index contributed by atoms with van der Waals surface area (Å²) in [7, 11) is 0. The highest BCUT2D eigenvalue weighted by Crippen LogP contribution is 2.16. The zero-order valence-electron chi connectivity index (χ0n) is 12.3. The monoisotopic (exact) mass is 296 g/mol. The van der Waals surface area contributed by atoms with Gasteiger partial charge in [0.1, 0.15) is 5.82 Å². The number of hydrogen-bond donors (Lipinski definition) is 0. The number of ether oxygens (including phenoxy) is 1. The Hall–Kier alpha value is -2.68. The highest BCUT2D eigenvalue weighted by molar-refractivity contribution is 6.16. The van der Waals surface area contributed by atoms with E-state index in [1.165, 1.54) is 12.1 Å². The largest absolute Gasteiger partial charge is 0.462 e. The third-order valence-electron chi connectivity index (χ3n) is 3.00. The van der Waals surface area contributed by atoms with Gasteiger partial charge in [0.15, 0.2) is 0 Å². The van der Waals surface area contributed by atoms with Gasteiger partial charge in [0.2, 0.25) is 0 Å². The normalized spacial score (nSPS) is 11.6. The van der Waals surface area contributed by atoms with Crippen LogP contribution >= 0.6 is 0 Å². The SMILES string of the molecule is CCOC(=O)/C(=C\C=C\c1ccc(F)cc1)c1ccccc1. The minimum atomic E-state index is -0.363. The minimum Gasteiger partial charge on any atom is -0.462 e. The van der Waals surface area contributed by atoms with Crippen LogP contribution in [0.25, 0.3) is 11.6 Å². The maximum Gasteiger partial charge on any atom is 0.338 e. The third-order valence-corrected chi connectivity index (χ3v) is 3.00. The van der Waals surface area contributed by atoms with E-state index in [-0.39, 0.29) is 11.8 Å². The molecule has 0 atom stereocenters. The highest BCUT2D eigenvalue weighted by Gasteiger charge is 2.11. The van der Waals surface area contributed by atoms with Crippen molar-refractivity contribution in [1.29, 1.82) is 0 Å². The van der Waals surface area contributed by atoms with E-state index in [2.05, 4.69) is 0 Å². The Kier molecular flexibility index (Phi) is 5.66. The van der Waals surface area contributed by atoms with Crippen molar-refractivity contribution in [1.82, 2.24) is 0 Å². The molecule has 0 aliphatic heterocycles. The second-order valence-electron chi connectivity index (χ2n) is 4.58. The first-order valence-corrected chi connectivity index (χ1v) is 7.07. The van der Waals surface area contributed by atoms with Crippen LogP contribution in [0.15, 0.2) is 66.7 Å². The second kappa shape index (κ2) is 7.93. The molecule has 0 fully saturated rings. The summed E-state index contributed by atoms with van der Waals surface area (Å²) >= 11 is 0. The van der Waals surface area contributed by atoms with E-state index in [0.29, 0.717) is 12.2 Å². The molecular weight excluding hydrogens is 279 g/mol. The fourth-order valence-electron chi connectivity index (χ4n) is 1.94. The van der Waals surface area contributed by atoms with Crippen LogP contribution in [0.5, 0.6) is 0 Å². The van der Waals surface area contributed by atoms with E-state index in [1.807, 2.05) is 36.4 Å². The van der Waals surface area contributed by atoms with Gasteiger partial charge < -0.3 is 4.74 Å². The summed E-state index contributed by atoms with van der Waals surface area (Å²) in [6, 6.07) is 15.5. The first-order valence-electron chi connectivity index (χ1n) is 7.07. The topological polar surface area (TPSA) is 26.3 Å². The lowest BCUT2D eigenvalue weighted by atomic mass is 10.1. The predicted molar refractivity (Wildman–Crippen MR) is 86.5 cm³/mol. The van der Waals surface area contributed by atoms with Crippen molar-refractivity contribution in [2.75, 3.05) is 6.61 Å². The van der Waals surface area contributed by atoms with Crippen molar-refractivity contribution in [2.45, 2.75) is 6.92 Å². The van der Waals surface area contributed by atoms with Gasteiger partial charge in [-0.2, -0.15) is 0 Å². The Morgan fingerprint density at radius 1 is 1.09 bits per heavy atom. The summed E-state index contributed by atoms with van der Waals surface area (Å²) in [6.45, 7) is 2.10. The number of rotatable bonds is 5. The molecule has 0 saturated carbocycles. The Morgan fingerprint density at radius 2 is 1.77 bits per heavy atom. The van der Waals surface area contributed by atoms with Crippen LogP contribution in [-0.4, -0.2) is 12.6 Å². The summed E-state index contributed by atoms with van der Waals surface area (Å²) in [5, 5.41) is 0. The summed E-state index contributed by atoms with van der Waals surface area (Å²) < 4.78 is 17.9. The molecule has 0 spiro atoms. The van der Waals surface area contributed by atoms with Crippen LogP contribution in [0.4, 0.5) is 4.39 Å². The van der Waals surface area contributed by atoms with Gasteiger partial charge in [-0.05, 0) is 36.3 Å². The van der Waals surface area contributed by atoms with Crippen molar-refractivity contribution >= 4 is 17.6 Å². The fourth-order valence-corrected chi connectivity index (χ4v) is 1.94. The standard InChI is InChI=1S/C19H17FO2/c1-2-22-19(21)18(16-8-4-3-5-9-16)10-6-7-15-11-13-17(20)14-12-15/h3-14H,2H2,1H3/b7-6+,18-10-. The molecule has 0 saturated heterocycles. The average molecular weight is 296 g/mol. The summed E-state index contributed by atoms with van der Waals surface area (Å²) in [5.74, 6) is -0.637. The molecule has 0 aliphatic rings. The van der Waals surface area contributed by atoms with Crippen LogP contribution in [-0.2, 0) is 9.53 Å². The van der Waals surface area contributed by atoms with Gasteiger partial charge in [-0.1, -0.05) is 54.6 Å². The lowest BCUT2D eigenvalue weighted by molar-refractivity contribution is -0.136. The number of hydrogen-bond acceptors (Lipinski definition) is 2. The molecule has 2 nitrogen and oxygen atoms in total. The van der Waals surface area contributed by atoms with E-state index >= 15 is 0 Å². The first-order chi connectivity index (χ1) is 10.7. The van der Waals surface area contributed by atoms with Crippen molar-refractivity contribution in [2.24, 2.45) is 0 Å². The van der Waals surface area contributed by atoms with Gasteiger partial charge >= 0.3 is 5.97 Å². The molecular formula is C19H17FO2. The summed E-state index contributed by atoms with van der Waals surface area (Å²) in [4.78, 5) is 12.1. The lowest BCUT2D eigenvalue weighted by Gasteiger charge is -2.06. The summed E-state index contributed by atoms with van der Waals surface area (Å²) in [5.41, 5.74) is 2.14. The van der Waals surface area contributed by atoms with Gasteiger partial charge in [-0.3, -0.25) is 0 Å². The molecule has 2 rings (SSSR count). The molecule has 3 heteroatoms. The molecule has 0 bridgehead atoms. The smallest absolute Gasteiger partial charge is 0.338 e. The number of carbonyl (C=O) groups is 1. The Balaban J connectivity index is 2.24. The Bertz CT molecular complexity index is 670. The van der Waals surface area contributed by atoms with Gasteiger partial charge in [0, 0.05) is 0 Å². The van der Waals surface area contributed by atoms with Crippen LogP contribution < -0.4 is 0 Å². The molecule has 0 aromatic heterocycles. The van der Waals surface area contributed by atoms with Crippen LogP contribution in [0.3, 0.4) is 0 Å². The van der Waals surface area contributed by atoms with Crippen LogP contribution in [0.1, 0.15) is 18.1 Å². The van der Waals surface area contributed by atoms with Crippen molar-refractivity contribution < 1.29 is 13.9 Å². The van der Waals surface area contributed by atoms with Gasteiger partial charge in [-0.15, -0.1) is 0 Å². The molecule has 2 aromatic rings. The molecule has 0 unspecified atom stereocenters. The average Bonchev–Trinajstić information content (AvgIpc) is 2.54. The zero-order valence-corrected chi connectivity index (χ0v) is 12.3. The van der Waals surface area contributed by atoms with Crippen molar-refractivity contribution in [3.8, 4) is 0 Å². The van der Waals surface area contributed by atoms with E-state index in [0.717, 1.165) is 11.1 Å². The Labute approximate surface area is 129 Å². The minimum absolute atomic E-state index is 0.274. The van der Waals surface area contributed by atoms with Gasteiger partial charge in [-0.25, -0.2) is 9.18 Å². The quantitative estimate of drug-likeness (QED) is 0.462. The Morgan fingerprint density at radius 3 is 2.41 bits per heavy atom. The molecule has 0 N–H and O–H groups in total. The van der Waals surface area contributed by atoms with E-state index in [9.17, 15) is 9.18 Å². The first kappa shape index (κ1) is 15.7. The van der Waals surface area contributed by atoms with E-state index < -0.39 is 0 Å². The van der Waals surface area contributed by atoms with Crippen LogP contribution in [0.2, 0.25) is 0 Å². The maximum atomic E-state index is 12.9. The number of esters is 1. The highest BCUT2D eigenvalue weighted by atomic mass is 19.1. The predicted octanol–water partition coefficient (Wildman–Crippen LogP) is 4.49. The molecule has 112 valence electrons. The summed E-state index contributed by atoms with van der Waals surface area (Å²) in [6.07, 6.45) is 5.27. The molecule has 0 heterocycles. The number of halogens is 1. The fraction of sp³-hybridized carbons (Fsp3) is 0.105. The maximum absolute atomic E-state index is 12.9. The van der Waals surface area contributed by atoms with Gasteiger partial charge in [0.25, 0.3) is 0 Å². The zero-order chi connectivity index (χ0) is 15.8. The molecule has 0 amide bonds. The van der Waals surface area contributed by atoms with Gasteiger partial charge in [0.05, 0.1) is 12.2 Å². The molecule has 2 aromatic carbocycles. The molecule has 0 radical (unpaired) electrons. The number of carbonyl (C=O) groups excluding carboxylic acids is 1. The van der Waals surface area contributed by atoms with E-state index in [4.69, 9.17) is 4.74 Å². The lowest BCUT2D eigenvalue weighted by Crippen LogP contribution is -2.06. The molecule has 22 heavy (non-hydrogen) atoms. The second-order valence-corrected chi connectivity index (χ2v) is 4.58. The van der Waals surface area contributed by atoms with Crippen molar-refractivity contribution in [3.05, 3.63) is 83.7 Å². The van der Waals surface area contributed by atoms with Crippen LogP contribution in [0, 0.1) is 5.82 Å². The van der Waals surface area contributed by atoms with Crippen molar-refractivity contribution in [3.63, 3.8) is 0 Å². The number of allylic oxidation sites excluding steroid dienone is 2.